The van der Waals surface area contributed by atoms with Gasteiger partial charge >= 0.3 is 12.2 Å². The molecule has 1 aliphatic heterocycles. The second-order valence-electron chi connectivity index (χ2n) is 19.0. The van der Waals surface area contributed by atoms with E-state index >= 15 is 8.42 Å². The molecule has 24 heteroatoms. The van der Waals surface area contributed by atoms with E-state index in [9.17, 15) is 27.9 Å². The summed E-state index contributed by atoms with van der Waals surface area (Å²) in [6, 6.07) is 25.3. The van der Waals surface area contributed by atoms with E-state index in [1.807, 2.05) is 0 Å². The highest BCUT2D eigenvalue weighted by Gasteiger charge is 2.38. The zero-order valence-electron chi connectivity index (χ0n) is 43.0. The van der Waals surface area contributed by atoms with Gasteiger partial charge in [0.1, 0.15) is 44.9 Å². The zero-order valence-corrected chi connectivity index (χ0v) is 44.7. The number of amides is 3. The number of alkyl carbamates (subject to hydrolysis) is 1. The van der Waals surface area contributed by atoms with Gasteiger partial charge in [-0.1, -0.05) is 47.7 Å². The topological polar surface area (TPSA) is 294 Å². The maximum Gasteiger partial charge on any atom is 0.408 e. The predicted octanol–water partition coefficient (Wildman–Crippen LogP) is 7.42. The largest absolute Gasteiger partial charge is 0.497 e. The summed E-state index contributed by atoms with van der Waals surface area (Å²) in [5.74, 6) is 0.208. The Morgan fingerprint density at radius 1 is 0.787 bits per heavy atom. The lowest BCUT2D eigenvalue weighted by atomic mass is 9.97. The highest BCUT2D eigenvalue weighted by atomic mass is 32.2. The fourth-order valence-corrected chi connectivity index (χ4v) is 11.1. The quantitative estimate of drug-likeness (QED) is 0.0347. The van der Waals surface area contributed by atoms with Crippen molar-refractivity contribution in [1.82, 2.24) is 24.7 Å². The highest BCUT2D eigenvalue weighted by Crippen LogP contribution is 2.41. The lowest BCUT2D eigenvalue weighted by molar-refractivity contribution is -0.118. The van der Waals surface area contributed by atoms with Gasteiger partial charge < -0.3 is 40.4 Å². The van der Waals surface area contributed by atoms with E-state index < -0.39 is 72.2 Å². The molecule has 2 bridgehead atoms. The van der Waals surface area contributed by atoms with E-state index in [1.165, 1.54) is 45.6 Å². The molecule has 0 aliphatic carbocycles. The summed E-state index contributed by atoms with van der Waals surface area (Å²) in [4.78, 5) is 42.3. The normalized spacial score (nSPS) is 12.8. The average Bonchev–Trinajstić information content (AvgIpc) is 3.42. The molecule has 5 aromatic carbocycles. The van der Waals surface area contributed by atoms with Crippen LogP contribution in [-0.2, 0) is 49.2 Å². The van der Waals surface area contributed by atoms with E-state index in [4.69, 9.17) is 29.7 Å². The second-order valence-corrected chi connectivity index (χ2v) is 22.6. The summed E-state index contributed by atoms with van der Waals surface area (Å²) in [7, 11) is -5.58. The molecular weight excluding hydrogens is 1010 g/mol. The van der Waals surface area contributed by atoms with E-state index in [0.717, 1.165) is 15.3 Å². The van der Waals surface area contributed by atoms with Gasteiger partial charge in [0, 0.05) is 31.7 Å². The first-order chi connectivity index (χ1) is 35.3. The Morgan fingerprint density at radius 3 is 1.96 bits per heavy atom. The van der Waals surface area contributed by atoms with Crippen molar-refractivity contribution in [3.8, 4) is 28.4 Å². The minimum absolute atomic E-state index is 0.0283. The number of aliphatic imine (C=N–C) groups is 1. The average molecular weight is 1070 g/mol. The molecule has 0 unspecified atom stereocenters. The van der Waals surface area contributed by atoms with E-state index in [2.05, 4.69) is 31.1 Å². The molecule has 3 amide bonds. The summed E-state index contributed by atoms with van der Waals surface area (Å²) < 4.78 is 87.7. The number of nitrogens with one attached hydrogen (secondary N) is 4. The Hall–Kier alpha value is -7.80. The van der Waals surface area contributed by atoms with Gasteiger partial charge in [-0.05, 0) is 124 Å². The Kier molecular flexibility index (Phi) is 17.8. The van der Waals surface area contributed by atoms with Crippen LogP contribution in [0.3, 0.4) is 0 Å². The summed E-state index contributed by atoms with van der Waals surface area (Å²) in [6.45, 7) is 8.32. The van der Waals surface area contributed by atoms with Crippen LogP contribution in [0.15, 0.2) is 122 Å². The van der Waals surface area contributed by atoms with Crippen molar-refractivity contribution in [3.63, 3.8) is 0 Å². The Labute approximate surface area is 436 Å². The number of rotatable bonds is 19. The lowest BCUT2D eigenvalue weighted by Crippen LogP contribution is -2.48. The molecule has 0 saturated carbocycles. The number of nitrogens with zero attached hydrogens (tertiary/aromatic N) is 5. The van der Waals surface area contributed by atoms with Gasteiger partial charge in [0.2, 0.25) is 26.0 Å². The number of nitrogens with two attached hydrogens (primary N) is 1. The third-order valence-electron chi connectivity index (χ3n) is 11.3. The Morgan fingerprint density at radius 2 is 1.41 bits per heavy atom. The Bertz CT molecular complexity index is 3140. The van der Waals surface area contributed by atoms with E-state index in [-0.39, 0.29) is 71.5 Å². The van der Waals surface area contributed by atoms with Crippen LogP contribution in [0.4, 0.5) is 26.7 Å². The molecule has 400 valence electrons. The third-order valence-corrected chi connectivity index (χ3v) is 14.8. The van der Waals surface area contributed by atoms with Crippen molar-refractivity contribution in [2.75, 3.05) is 52.0 Å². The molecule has 0 saturated heterocycles. The first kappa shape index (κ1) is 56.5. The van der Waals surface area contributed by atoms with Crippen LogP contribution in [0.2, 0.25) is 0 Å². The number of hydrogen-bond acceptors (Lipinski definition) is 16. The van der Waals surface area contributed by atoms with Crippen molar-refractivity contribution in [1.29, 1.82) is 0 Å². The molecule has 6 rings (SSSR count). The van der Waals surface area contributed by atoms with Crippen LogP contribution in [0, 0.1) is 0 Å². The van der Waals surface area contributed by atoms with E-state index in [1.54, 1.807) is 108 Å². The van der Waals surface area contributed by atoms with Crippen molar-refractivity contribution >= 4 is 61.0 Å². The molecule has 0 aromatic heterocycles. The number of methoxy groups -OCH3 is 3. The van der Waals surface area contributed by atoms with Crippen LogP contribution < -0.4 is 40.7 Å². The number of anilines is 2. The highest BCUT2D eigenvalue weighted by molar-refractivity contribution is 7.92. The van der Waals surface area contributed by atoms with Crippen LogP contribution in [0.25, 0.3) is 11.1 Å². The van der Waals surface area contributed by atoms with Gasteiger partial charge in [0.15, 0.2) is 5.84 Å². The number of nitrogen functional groups attached to an aromatic ring is 1. The molecule has 5 aromatic rings. The third kappa shape index (κ3) is 14.5. The van der Waals surface area contributed by atoms with Gasteiger partial charge in [-0.25, -0.2) is 36.1 Å². The molecule has 0 spiro atoms. The molecule has 0 fully saturated rings. The lowest BCUT2D eigenvalue weighted by Gasteiger charge is -2.32. The number of amidine groups is 1. The Balaban J connectivity index is 1.64. The first-order valence-electron chi connectivity index (χ1n) is 23.3. The summed E-state index contributed by atoms with van der Waals surface area (Å²) in [5, 5.41) is 23.6. The molecule has 0 radical (unpaired) electrons. The fourth-order valence-electron chi connectivity index (χ4n) is 7.61. The molecule has 1 heterocycles. The number of carbonyl (C=O) groups excluding carboxylic acids is 2. The van der Waals surface area contributed by atoms with Gasteiger partial charge in [0.05, 0.1) is 44.8 Å². The van der Waals surface area contributed by atoms with E-state index in [0.29, 0.717) is 28.2 Å². The van der Waals surface area contributed by atoms with Gasteiger partial charge in [-0.15, -0.1) is 5.11 Å². The van der Waals surface area contributed by atoms with Gasteiger partial charge in [0.25, 0.3) is 0 Å². The molecule has 1 aliphatic rings. The van der Waals surface area contributed by atoms with Gasteiger partial charge in [-0.2, -0.15) is 4.31 Å². The number of sulfonamides is 2. The standard InChI is InChI=1S/C51H62N10O12S2/c1-50(2,3)61(49(64)65)31-44(62)56-40-21-15-35(27-39(40)52)38-20-23-43(74(66,67)55-25-24-53-48(63)73-51(4,5)6)46(45(38)47-57-41-26-34(28-54-59-58-47)14-22-42(41)72-9)75(68,69)60(29-32-10-16-36(70-7)17-11-32)30-33-12-18-37(71-8)19-13-33/h10-23,26-27,55H,24-25,28-31,52H2,1-9H3,(H,53,63)(H,56,62)(H,64,65)(H,54,57,58). The van der Waals surface area contributed by atoms with Crippen molar-refractivity contribution < 1.29 is 55.3 Å². The molecule has 0 atom stereocenters. The number of hydrogen-bond donors (Lipinski definition) is 6. The minimum atomic E-state index is -5.11. The molecular formula is C51H62N10O12S2. The minimum Gasteiger partial charge on any atom is -0.497 e. The number of carbonyl (C=O) groups is 3. The van der Waals surface area contributed by atoms with Crippen molar-refractivity contribution in [3.05, 3.63) is 119 Å². The first-order valence-corrected chi connectivity index (χ1v) is 26.2. The second kappa shape index (κ2) is 23.6. The number of ether oxygens (including phenoxy) is 4. The maximum absolute atomic E-state index is 16.2. The number of carboxylic acid groups (broad SMARTS) is 1. The monoisotopic (exact) mass is 1070 g/mol. The van der Waals surface area contributed by atoms with Gasteiger partial charge in [-0.3, -0.25) is 15.1 Å². The van der Waals surface area contributed by atoms with Crippen LogP contribution in [-0.4, -0.2) is 107 Å². The summed E-state index contributed by atoms with van der Waals surface area (Å²) >= 11 is 0. The SMILES string of the molecule is COc1ccc(CN(Cc2ccc(OC)cc2)S(=O)(=O)c2c(S(=O)(=O)NCCNC(=O)OC(C)(C)C)ccc(-c3ccc(NC(=O)CN(C(=O)O)C(C)(C)C)c(N)c3)c2C2=Nc3cc(ccc3OC)CNN=N2)cc1. The smallest absolute Gasteiger partial charge is 0.408 e. The summed E-state index contributed by atoms with van der Waals surface area (Å²) in [5.41, 5.74) is 9.60. The predicted molar refractivity (Wildman–Crippen MR) is 282 cm³/mol. The fraction of sp³-hybridized carbons (Fsp3) is 0.333. The van der Waals surface area contributed by atoms with Crippen LogP contribution >= 0.6 is 0 Å². The van der Waals surface area contributed by atoms with Crippen LogP contribution in [0.5, 0.6) is 17.2 Å². The zero-order chi connectivity index (χ0) is 54.9. The molecule has 22 nitrogen and oxygen atoms in total. The summed E-state index contributed by atoms with van der Waals surface area (Å²) in [6.07, 6.45) is -2.12. The molecule has 75 heavy (non-hydrogen) atoms. The number of benzene rings is 5. The van der Waals surface area contributed by atoms with Crippen LogP contribution in [0.1, 0.15) is 63.8 Å². The van der Waals surface area contributed by atoms with Crippen molar-refractivity contribution in [2.24, 2.45) is 15.3 Å². The van der Waals surface area contributed by atoms with Crippen molar-refractivity contribution in [2.45, 2.75) is 82.1 Å². The molecule has 7 N–H and O–H groups in total. The number of fused-ring (bicyclic) bond motifs is 2. The maximum atomic E-state index is 16.2.